The van der Waals surface area contributed by atoms with E-state index in [9.17, 15) is 4.79 Å². The minimum Gasteiger partial charge on any atom is -0.382 e. The molecular weight excluding hydrogens is 258 g/mol. The molecule has 0 saturated carbocycles. The normalized spacial score (nSPS) is 22.0. The van der Waals surface area contributed by atoms with Gasteiger partial charge in [0.25, 0.3) is 0 Å². The highest BCUT2D eigenvalue weighted by molar-refractivity contribution is 5.78. The topological polar surface area (TPSA) is 56.6 Å². The monoisotopic (exact) mass is 281 g/mol. The van der Waals surface area contributed by atoms with Gasteiger partial charge in [0.2, 0.25) is 5.91 Å². The molecule has 20 heavy (non-hydrogen) atoms. The van der Waals surface area contributed by atoms with Crippen molar-refractivity contribution in [3.05, 3.63) is 18.0 Å². The predicted molar refractivity (Wildman–Crippen MR) is 74.3 cm³/mol. The third-order valence-corrected chi connectivity index (χ3v) is 3.30. The van der Waals surface area contributed by atoms with Gasteiger partial charge in [0.15, 0.2) is 0 Å². The molecule has 0 bridgehead atoms. The maximum atomic E-state index is 12.4. The lowest BCUT2D eigenvalue weighted by Gasteiger charge is -2.42. The van der Waals surface area contributed by atoms with Crippen molar-refractivity contribution in [2.24, 2.45) is 7.05 Å². The van der Waals surface area contributed by atoms with Crippen LogP contribution in [-0.4, -0.2) is 59.1 Å². The average molecular weight is 281 g/mol. The third kappa shape index (κ3) is 3.80. The molecular formula is C14H23N3O3. The molecule has 1 unspecified atom stereocenters. The van der Waals surface area contributed by atoms with Gasteiger partial charge >= 0.3 is 0 Å². The first-order valence-electron chi connectivity index (χ1n) is 6.82. The van der Waals surface area contributed by atoms with E-state index in [0.29, 0.717) is 26.1 Å². The van der Waals surface area contributed by atoms with E-state index in [4.69, 9.17) is 9.47 Å². The number of hydrogen-bond acceptors (Lipinski definition) is 4. The van der Waals surface area contributed by atoms with Gasteiger partial charge in [-0.05, 0) is 19.4 Å². The van der Waals surface area contributed by atoms with Crippen LogP contribution < -0.4 is 0 Å². The number of rotatable bonds is 4. The number of aromatic nitrogens is 2. The van der Waals surface area contributed by atoms with Gasteiger partial charge in [-0.2, -0.15) is 5.10 Å². The quantitative estimate of drug-likeness (QED) is 0.811. The summed E-state index contributed by atoms with van der Waals surface area (Å²) >= 11 is 0. The zero-order valence-electron chi connectivity index (χ0n) is 12.6. The van der Waals surface area contributed by atoms with Crippen LogP contribution in [0.25, 0.3) is 0 Å². The van der Waals surface area contributed by atoms with Gasteiger partial charge in [-0.1, -0.05) is 0 Å². The molecule has 1 aliphatic heterocycles. The number of carbonyl (C=O) groups excluding carboxylic acids is 1. The fraction of sp³-hybridized carbons (Fsp3) is 0.714. The summed E-state index contributed by atoms with van der Waals surface area (Å²) in [7, 11) is 3.49. The Morgan fingerprint density at radius 1 is 1.60 bits per heavy atom. The van der Waals surface area contributed by atoms with Crippen molar-refractivity contribution in [2.45, 2.75) is 32.0 Å². The Hall–Kier alpha value is -1.40. The Kier molecular flexibility index (Phi) is 4.45. The molecule has 0 N–H and O–H groups in total. The molecule has 0 aliphatic carbocycles. The average Bonchev–Trinajstić information content (AvgIpc) is 2.73. The standard InChI is InChI=1S/C14H23N3O3/c1-14(2)10-17(8-12(20-14)9-19-4)13(18)5-11-6-15-16(3)7-11/h6-7,12H,5,8-10H2,1-4H3. The van der Waals surface area contributed by atoms with Crippen LogP contribution in [0, 0.1) is 0 Å². The van der Waals surface area contributed by atoms with Crippen LogP contribution in [0.2, 0.25) is 0 Å². The smallest absolute Gasteiger partial charge is 0.227 e. The number of morpholine rings is 1. The van der Waals surface area contributed by atoms with Crippen molar-refractivity contribution in [1.82, 2.24) is 14.7 Å². The summed E-state index contributed by atoms with van der Waals surface area (Å²) in [6.07, 6.45) is 3.91. The van der Waals surface area contributed by atoms with Crippen molar-refractivity contribution in [3.63, 3.8) is 0 Å². The van der Waals surface area contributed by atoms with Crippen molar-refractivity contribution in [1.29, 1.82) is 0 Å². The summed E-state index contributed by atoms with van der Waals surface area (Å²) in [6, 6.07) is 0. The second-order valence-electron chi connectivity index (χ2n) is 5.93. The van der Waals surface area contributed by atoms with E-state index >= 15 is 0 Å². The first-order chi connectivity index (χ1) is 9.39. The van der Waals surface area contributed by atoms with Crippen molar-refractivity contribution in [2.75, 3.05) is 26.8 Å². The lowest BCUT2D eigenvalue weighted by molar-refractivity contribution is -0.168. The second kappa shape index (κ2) is 5.93. The van der Waals surface area contributed by atoms with Crippen LogP contribution >= 0.6 is 0 Å². The van der Waals surface area contributed by atoms with Gasteiger partial charge in [-0.25, -0.2) is 0 Å². The molecule has 6 heteroatoms. The summed E-state index contributed by atoms with van der Waals surface area (Å²) in [6.45, 7) is 5.68. The largest absolute Gasteiger partial charge is 0.382 e. The minimum atomic E-state index is -0.341. The van der Waals surface area contributed by atoms with Crippen LogP contribution in [0.15, 0.2) is 12.4 Å². The minimum absolute atomic E-state index is 0.0680. The third-order valence-electron chi connectivity index (χ3n) is 3.30. The summed E-state index contributed by atoms with van der Waals surface area (Å²) in [5, 5.41) is 4.09. The number of hydrogen-bond donors (Lipinski definition) is 0. The van der Waals surface area contributed by atoms with E-state index in [-0.39, 0.29) is 17.6 Å². The van der Waals surface area contributed by atoms with E-state index < -0.39 is 0 Å². The lowest BCUT2D eigenvalue weighted by atomic mass is 10.0. The summed E-state index contributed by atoms with van der Waals surface area (Å²) in [5.41, 5.74) is 0.594. The highest BCUT2D eigenvalue weighted by atomic mass is 16.5. The maximum Gasteiger partial charge on any atom is 0.227 e. The summed E-state index contributed by atoms with van der Waals surface area (Å²) in [5.74, 6) is 0.107. The zero-order chi connectivity index (χ0) is 14.8. The molecule has 6 nitrogen and oxygen atoms in total. The fourth-order valence-corrected chi connectivity index (χ4v) is 2.61. The SMILES string of the molecule is COCC1CN(C(=O)Cc2cnn(C)c2)CC(C)(C)O1. The maximum absolute atomic E-state index is 12.4. The van der Waals surface area contributed by atoms with Crippen LogP contribution in [0.3, 0.4) is 0 Å². The number of ether oxygens (including phenoxy) is 2. The van der Waals surface area contributed by atoms with Crippen LogP contribution in [0.5, 0.6) is 0 Å². The van der Waals surface area contributed by atoms with Gasteiger partial charge in [0.05, 0.1) is 30.9 Å². The van der Waals surface area contributed by atoms with E-state index in [1.165, 1.54) is 0 Å². The lowest BCUT2D eigenvalue weighted by Crippen LogP contribution is -2.56. The molecule has 2 heterocycles. The summed E-state index contributed by atoms with van der Waals surface area (Å²) < 4.78 is 12.8. The molecule has 0 radical (unpaired) electrons. The van der Waals surface area contributed by atoms with E-state index in [2.05, 4.69) is 5.10 Å². The van der Waals surface area contributed by atoms with E-state index in [1.807, 2.05) is 32.0 Å². The number of methoxy groups -OCH3 is 1. The second-order valence-corrected chi connectivity index (χ2v) is 5.93. The molecule has 0 spiro atoms. The summed E-state index contributed by atoms with van der Waals surface area (Å²) in [4.78, 5) is 14.3. The molecule has 1 aromatic heterocycles. The van der Waals surface area contributed by atoms with Gasteiger partial charge < -0.3 is 14.4 Å². The van der Waals surface area contributed by atoms with Gasteiger partial charge in [0.1, 0.15) is 0 Å². The highest BCUT2D eigenvalue weighted by Crippen LogP contribution is 2.22. The van der Waals surface area contributed by atoms with Crippen LogP contribution in [0.1, 0.15) is 19.4 Å². The van der Waals surface area contributed by atoms with Crippen molar-refractivity contribution >= 4 is 5.91 Å². The number of carbonyl (C=O) groups is 1. The van der Waals surface area contributed by atoms with Crippen molar-refractivity contribution < 1.29 is 14.3 Å². The van der Waals surface area contributed by atoms with Crippen LogP contribution in [0.4, 0.5) is 0 Å². The van der Waals surface area contributed by atoms with E-state index in [1.54, 1.807) is 18.0 Å². The van der Waals surface area contributed by atoms with Crippen LogP contribution in [-0.2, 0) is 27.7 Å². The van der Waals surface area contributed by atoms with Gasteiger partial charge in [-0.3, -0.25) is 9.48 Å². The molecule has 0 aromatic carbocycles. The number of amides is 1. The molecule has 2 rings (SSSR count). The molecule has 1 saturated heterocycles. The van der Waals surface area contributed by atoms with Crippen molar-refractivity contribution in [3.8, 4) is 0 Å². The molecule has 1 atom stereocenters. The van der Waals surface area contributed by atoms with E-state index in [0.717, 1.165) is 5.56 Å². The van der Waals surface area contributed by atoms with Gasteiger partial charge in [0, 0.05) is 33.4 Å². The Balaban J connectivity index is 2.00. The molecule has 112 valence electrons. The first kappa shape index (κ1) is 15.0. The predicted octanol–water partition coefficient (Wildman–Crippen LogP) is 0.615. The first-order valence-corrected chi connectivity index (χ1v) is 6.82. The highest BCUT2D eigenvalue weighted by Gasteiger charge is 2.35. The Morgan fingerprint density at radius 2 is 2.35 bits per heavy atom. The number of nitrogens with zero attached hydrogens (tertiary/aromatic N) is 3. The number of aryl methyl sites for hydroxylation is 1. The molecule has 1 amide bonds. The Labute approximate surface area is 119 Å². The molecule has 1 aliphatic rings. The zero-order valence-corrected chi connectivity index (χ0v) is 12.6. The fourth-order valence-electron chi connectivity index (χ4n) is 2.61. The Morgan fingerprint density at radius 3 is 2.95 bits per heavy atom. The molecule has 1 fully saturated rings. The Bertz CT molecular complexity index is 470. The van der Waals surface area contributed by atoms with Gasteiger partial charge in [-0.15, -0.1) is 0 Å². The molecule has 1 aromatic rings.